The largest absolute Gasteiger partial charge is 0.336 e. The zero-order valence-electron chi connectivity index (χ0n) is 13.8. The lowest BCUT2D eigenvalue weighted by molar-refractivity contribution is 0.0644. The summed E-state index contributed by atoms with van der Waals surface area (Å²) in [4.78, 5) is 17.6. The maximum Gasteiger partial charge on any atom is 0.253 e. The van der Waals surface area contributed by atoms with Crippen LogP contribution in [-0.4, -0.2) is 54.2 Å². The molecule has 2 aromatic rings. The minimum atomic E-state index is -0.333. The normalized spacial score (nSPS) is 15.4. The molecule has 1 amide bonds. The van der Waals surface area contributed by atoms with Crippen LogP contribution in [0.1, 0.15) is 10.4 Å². The van der Waals surface area contributed by atoms with Crippen LogP contribution in [0.3, 0.4) is 0 Å². The summed E-state index contributed by atoms with van der Waals surface area (Å²) in [7, 11) is 0. The van der Waals surface area contributed by atoms with Crippen molar-refractivity contribution >= 4 is 17.7 Å². The Labute approximate surface area is 150 Å². The fourth-order valence-electron chi connectivity index (χ4n) is 2.77. The number of rotatable bonds is 5. The predicted molar refractivity (Wildman–Crippen MR) is 95.9 cm³/mol. The zero-order chi connectivity index (χ0) is 17.6. The molecule has 0 bridgehead atoms. The molecule has 1 saturated heterocycles. The third-order valence-electron chi connectivity index (χ3n) is 4.24. The number of benzene rings is 2. The molecular formula is C19H20F2N2OS. The van der Waals surface area contributed by atoms with Crippen LogP contribution in [0.2, 0.25) is 0 Å². The predicted octanol–water partition coefficient (Wildman–Crippen LogP) is 3.51. The summed E-state index contributed by atoms with van der Waals surface area (Å²) in [5.74, 6) is 0.337. The molecule has 25 heavy (non-hydrogen) atoms. The van der Waals surface area contributed by atoms with Gasteiger partial charge in [-0.3, -0.25) is 9.69 Å². The molecule has 6 heteroatoms. The molecule has 0 radical (unpaired) electrons. The van der Waals surface area contributed by atoms with Crippen LogP contribution in [0.4, 0.5) is 8.78 Å². The lowest BCUT2D eigenvalue weighted by Gasteiger charge is -2.34. The van der Waals surface area contributed by atoms with Crippen molar-refractivity contribution in [2.24, 2.45) is 0 Å². The van der Waals surface area contributed by atoms with Gasteiger partial charge in [0.1, 0.15) is 11.6 Å². The summed E-state index contributed by atoms with van der Waals surface area (Å²) >= 11 is 1.70. The third kappa shape index (κ3) is 5.03. The minimum Gasteiger partial charge on any atom is -0.336 e. The molecular weight excluding hydrogens is 342 g/mol. The van der Waals surface area contributed by atoms with Crippen LogP contribution < -0.4 is 0 Å². The number of carbonyl (C=O) groups excluding carboxylic acids is 1. The van der Waals surface area contributed by atoms with E-state index in [9.17, 15) is 13.6 Å². The van der Waals surface area contributed by atoms with Gasteiger partial charge in [0.2, 0.25) is 0 Å². The van der Waals surface area contributed by atoms with Crippen molar-refractivity contribution < 1.29 is 13.6 Å². The van der Waals surface area contributed by atoms with Crippen LogP contribution in [0.5, 0.6) is 0 Å². The molecule has 3 rings (SSSR count). The smallest absolute Gasteiger partial charge is 0.253 e. The maximum absolute atomic E-state index is 13.0. The van der Waals surface area contributed by atoms with Gasteiger partial charge in [0.15, 0.2) is 0 Å². The molecule has 0 spiro atoms. The highest BCUT2D eigenvalue weighted by Crippen LogP contribution is 2.18. The van der Waals surface area contributed by atoms with Crippen molar-refractivity contribution in [1.82, 2.24) is 9.80 Å². The molecule has 1 aliphatic heterocycles. The van der Waals surface area contributed by atoms with E-state index in [1.54, 1.807) is 23.9 Å². The number of halogens is 2. The van der Waals surface area contributed by atoms with Gasteiger partial charge in [0.25, 0.3) is 5.91 Å². The van der Waals surface area contributed by atoms with Crippen molar-refractivity contribution in [2.75, 3.05) is 38.5 Å². The lowest BCUT2D eigenvalue weighted by Crippen LogP contribution is -2.49. The first-order valence-corrected chi connectivity index (χ1v) is 9.26. The van der Waals surface area contributed by atoms with Gasteiger partial charge in [0.05, 0.1) is 0 Å². The van der Waals surface area contributed by atoms with Gasteiger partial charge >= 0.3 is 0 Å². The standard InChI is InChI=1S/C19H20F2N2OS/c20-16-3-1-15(2-4-16)19(24)23-11-9-22(10-12-23)13-14-25-18-7-5-17(21)6-8-18/h1-8H,9-14H2. The Hall–Kier alpha value is -1.92. The SMILES string of the molecule is O=C(c1ccc(F)cc1)N1CCN(CCSc2ccc(F)cc2)CC1. The monoisotopic (exact) mass is 362 g/mol. The second kappa shape index (κ2) is 8.45. The summed E-state index contributed by atoms with van der Waals surface area (Å²) in [5.41, 5.74) is 0.529. The number of hydrogen-bond acceptors (Lipinski definition) is 3. The van der Waals surface area contributed by atoms with Gasteiger partial charge in [-0.15, -0.1) is 11.8 Å². The van der Waals surface area contributed by atoms with E-state index in [4.69, 9.17) is 0 Å². The van der Waals surface area contributed by atoms with Gasteiger partial charge in [0, 0.05) is 48.9 Å². The number of thioether (sulfide) groups is 1. The number of carbonyl (C=O) groups is 1. The van der Waals surface area contributed by atoms with Crippen molar-refractivity contribution in [3.05, 3.63) is 65.7 Å². The fraction of sp³-hybridized carbons (Fsp3) is 0.316. The first-order chi connectivity index (χ1) is 12.1. The average molecular weight is 362 g/mol. The van der Waals surface area contributed by atoms with Crippen molar-refractivity contribution in [3.63, 3.8) is 0 Å². The highest BCUT2D eigenvalue weighted by atomic mass is 32.2. The van der Waals surface area contributed by atoms with Gasteiger partial charge in [-0.05, 0) is 48.5 Å². The van der Waals surface area contributed by atoms with E-state index in [0.29, 0.717) is 18.7 Å². The summed E-state index contributed by atoms with van der Waals surface area (Å²) < 4.78 is 25.8. The Balaban J connectivity index is 1.41. The Morgan fingerprint density at radius 1 is 0.880 bits per heavy atom. The topological polar surface area (TPSA) is 23.6 Å². The minimum absolute atomic E-state index is 0.0414. The van der Waals surface area contributed by atoms with Gasteiger partial charge in [-0.2, -0.15) is 0 Å². The van der Waals surface area contributed by atoms with E-state index in [2.05, 4.69) is 4.90 Å². The van der Waals surface area contributed by atoms with Crippen molar-refractivity contribution in [3.8, 4) is 0 Å². The summed E-state index contributed by atoms with van der Waals surface area (Å²) in [5, 5.41) is 0. The Morgan fingerprint density at radius 2 is 1.44 bits per heavy atom. The average Bonchev–Trinajstić information content (AvgIpc) is 2.64. The number of hydrogen-bond donors (Lipinski definition) is 0. The molecule has 0 aromatic heterocycles. The van der Waals surface area contributed by atoms with E-state index >= 15 is 0 Å². The molecule has 1 aliphatic rings. The molecule has 0 atom stereocenters. The highest BCUT2D eigenvalue weighted by Gasteiger charge is 2.21. The van der Waals surface area contributed by atoms with Gasteiger partial charge in [-0.1, -0.05) is 0 Å². The lowest BCUT2D eigenvalue weighted by atomic mass is 10.2. The Kier molecular flexibility index (Phi) is 6.04. The van der Waals surface area contributed by atoms with Crippen LogP contribution in [0, 0.1) is 11.6 Å². The first-order valence-electron chi connectivity index (χ1n) is 8.27. The fourth-order valence-corrected chi connectivity index (χ4v) is 3.69. The summed E-state index contributed by atoms with van der Waals surface area (Å²) in [6, 6.07) is 12.2. The number of nitrogens with zero attached hydrogens (tertiary/aromatic N) is 2. The number of piperazine rings is 1. The molecule has 132 valence electrons. The van der Waals surface area contributed by atoms with Crippen LogP contribution >= 0.6 is 11.8 Å². The third-order valence-corrected chi connectivity index (χ3v) is 5.23. The van der Waals surface area contributed by atoms with Crippen LogP contribution in [0.25, 0.3) is 0 Å². The molecule has 0 unspecified atom stereocenters. The van der Waals surface area contributed by atoms with E-state index in [1.807, 2.05) is 4.90 Å². The quantitative estimate of drug-likeness (QED) is 0.761. The molecule has 3 nitrogen and oxygen atoms in total. The second-order valence-electron chi connectivity index (χ2n) is 5.94. The molecule has 1 fully saturated rings. The molecule has 0 saturated carbocycles. The number of amides is 1. The second-order valence-corrected chi connectivity index (χ2v) is 7.11. The summed E-state index contributed by atoms with van der Waals surface area (Å²) in [6.07, 6.45) is 0. The molecule has 0 N–H and O–H groups in total. The van der Waals surface area contributed by atoms with Gasteiger partial charge < -0.3 is 4.90 Å². The van der Waals surface area contributed by atoms with Crippen molar-refractivity contribution in [1.29, 1.82) is 0 Å². The Bertz CT molecular complexity index is 698. The van der Waals surface area contributed by atoms with E-state index in [0.717, 1.165) is 30.3 Å². The molecule has 0 aliphatic carbocycles. The van der Waals surface area contributed by atoms with E-state index in [-0.39, 0.29) is 17.5 Å². The van der Waals surface area contributed by atoms with Gasteiger partial charge in [-0.25, -0.2) is 8.78 Å². The molecule has 2 aromatic carbocycles. The van der Waals surface area contributed by atoms with E-state index < -0.39 is 0 Å². The first kappa shape index (κ1) is 17.9. The maximum atomic E-state index is 13.0. The molecule has 1 heterocycles. The van der Waals surface area contributed by atoms with E-state index in [1.165, 1.54) is 36.4 Å². The van der Waals surface area contributed by atoms with Crippen LogP contribution in [0.15, 0.2) is 53.4 Å². The van der Waals surface area contributed by atoms with Crippen molar-refractivity contribution in [2.45, 2.75) is 4.90 Å². The zero-order valence-corrected chi connectivity index (χ0v) is 14.6. The van der Waals surface area contributed by atoms with Crippen LogP contribution in [-0.2, 0) is 0 Å². The highest BCUT2D eigenvalue weighted by molar-refractivity contribution is 7.99. The Morgan fingerprint density at radius 3 is 2.04 bits per heavy atom. The summed E-state index contributed by atoms with van der Waals surface area (Å²) in [6.45, 7) is 3.95.